The number of ether oxygens (including phenoxy) is 1. The molecule has 2 N–H and O–H groups in total. The minimum Gasteiger partial charge on any atom is -0.457 e. The van der Waals surface area contributed by atoms with E-state index < -0.39 is 5.60 Å². The molecule has 214 valence electrons. The predicted octanol–water partition coefficient (Wildman–Crippen LogP) is 7.25. The molecule has 2 fully saturated rings. The summed E-state index contributed by atoms with van der Waals surface area (Å²) in [5.74, 6) is 8.61. The van der Waals surface area contributed by atoms with Gasteiger partial charge in [0.05, 0.1) is 5.60 Å². The fourth-order valence-corrected chi connectivity index (χ4v) is 6.92. The molecule has 2 aromatic carbocycles. The molecule has 1 saturated carbocycles. The Balaban J connectivity index is 0.00000165. The molecule has 3 heterocycles. The first-order valence-corrected chi connectivity index (χ1v) is 17.3. The van der Waals surface area contributed by atoms with Gasteiger partial charge in [-0.2, -0.15) is 0 Å². The Kier molecular flexibility index (Phi) is 8.63. The Morgan fingerprint density at radius 3 is 2.41 bits per heavy atom. The van der Waals surface area contributed by atoms with E-state index in [4.69, 9.17) is 4.74 Å². The number of hydrogen-bond donors (Lipinski definition) is 2. The van der Waals surface area contributed by atoms with E-state index in [1.165, 1.54) is 22.0 Å². The molecule has 4 aromatic rings. The van der Waals surface area contributed by atoms with Crippen molar-refractivity contribution in [2.24, 2.45) is 18.4 Å². The fourth-order valence-electron chi connectivity index (χ4n) is 5.59. The predicted molar refractivity (Wildman–Crippen MR) is 178 cm³/mol. The van der Waals surface area contributed by atoms with Crippen LogP contribution in [0.2, 0.25) is 0 Å². The van der Waals surface area contributed by atoms with E-state index in [9.17, 15) is 9.90 Å². The van der Waals surface area contributed by atoms with Crippen molar-refractivity contribution in [1.29, 1.82) is 0 Å². The Labute approximate surface area is 258 Å². The maximum Gasteiger partial charge on any atom is 0.275 e. The lowest BCUT2D eigenvalue weighted by Gasteiger charge is -2.53. The number of nitrogens with zero attached hydrogens (tertiary/aromatic N) is 2. The molecular weight excluding hydrogens is 645 g/mol. The number of pyridine rings is 1. The van der Waals surface area contributed by atoms with Gasteiger partial charge in [0.15, 0.2) is 0 Å². The van der Waals surface area contributed by atoms with Crippen molar-refractivity contribution in [2.75, 3.05) is 13.1 Å². The van der Waals surface area contributed by atoms with Gasteiger partial charge in [-0.15, -0.1) is 0 Å². The molecule has 2 aliphatic rings. The zero-order valence-corrected chi connectivity index (χ0v) is 27.1. The SMILES string of the molecule is CC.Cn1cc(-c2cc(C(C)(C)O)ccc2Oc2ccc(C#CC3CC4(CNC4)C3)cc2)c2ccn(SI)c2c1=O. The summed E-state index contributed by atoms with van der Waals surface area (Å²) in [6, 6.07) is 15.5. The summed E-state index contributed by atoms with van der Waals surface area (Å²) in [5.41, 5.74) is 3.45. The van der Waals surface area contributed by atoms with Gasteiger partial charge < -0.3 is 19.7 Å². The van der Waals surface area contributed by atoms with Crippen LogP contribution in [0.1, 0.15) is 51.7 Å². The maximum atomic E-state index is 13.0. The van der Waals surface area contributed by atoms with E-state index in [0.29, 0.717) is 28.3 Å². The maximum absolute atomic E-state index is 13.0. The molecule has 41 heavy (non-hydrogen) atoms. The molecule has 0 atom stereocenters. The minimum absolute atomic E-state index is 0.0675. The molecule has 1 spiro atoms. The lowest BCUT2D eigenvalue weighted by atomic mass is 9.59. The van der Waals surface area contributed by atoms with E-state index in [1.807, 2.05) is 78.7 Å². The Hall–Kier alpha value is -2.71. The zero-order chi connectivity index (χ0) is 29.4. The second kappa shape index (κ2) is 11.9. The highest BCUT2D eigenvalue weighted by atomic mass is 127. The van der Waals surface area contributed by atoms with Gasteiger partial charge in [0.2, 0.25) is 0 Å². The van der Waals surface area contributed by atoms with Crippen LogP contribution in [0.5, 0.6) is 11.5 Å². The van der Waals surface area contributed by atoms with Crippen LogP contribution in [0, 0.1) is 23.2 Å². The third-order valence-corrected chi connectivity index (χ3v) is 9.63. The highest BCUT2D eigenvalue weighted by Gasteiger charge is 2.47. The normalized spacial score (nSPS) is 15.8. The molecule has 6 nitrogen and oxygen atoms in total. The monoisotopic (exact) mass is 681 g/mol. The highest BCUT2D eigenvalue weighted by molar-refractivity contribution is 14.2. The van der Waals surface area contributed by atoms with Crippen LogP contribution in [0.25, 0.3) is 22.0 Å². The number of aryl methyl sites for hydroxylation is 1. The lowest BCUT2D eigenvalue weighted by molar-refractivity contribution is 0.0266. The molecule has 1 aliphatic carbocycles. The Bertz CT molecular complexity index is 1680. The van der Waals surface area contributed by atoms with Crippen LogP contribution >= 0.6 is 30.3 Å². The number of hydrogen-bond acceptors (Lipinski definition) is 5. The molecule has 0 unspecified atom stereocenters. The van der Waals surface area contributed by atoms with E-state index in [1.54, 1.807) is 25.5 Å². The smallest absolute Gasteiger partial charge is 0.275 e. The van der Waals surface area contributed by atoms with Gasteiger partial charge in [0.1, 0.15) is 17.0 Å². The van der Waals surface area contributed by atoms with Gasteiger partial charge in [-0.1, -0.05) is 31.8 Å². The van der Waals surface area contributed by atoms with Crippen molar-refractivity contribution in [3.8, 4) is 34.5 Å². The minimum atomic E-state index is -1.04. The number of aromatic nitrogens is 2. The number of benzene rings is 2. The van der Waals surface area contributed by atoms with E-state index in [-0.39, 0.29) is 5.56 Å². The summed E-state index contributed by atoms with van der Waals surface area (Å²) in [7, 11) is 3.21. The van der Waals surface area contributed by atoms with Crippen molar-refractivity contribution >= 4 is 41.2 Å². The van der Waals surface area contributed by atoms with Gasteiger partial charge in [-0.05, 0) is 80.1 Å². The average molecular weight is 682 g/mol. The van der Waals surface area contributed by atoms with Gasteiger partial charge in [0, 0.05) is 90.9 Å². The number of nitrogens with one attached hydrogen (secondary N) is 1. The number of fused-ring (bicyclic) bond motifs is 1. The largest absolute Gasteiger partial charge is 0.457 e. The summed E-state index contributed by atoms with van der Waals surface area (Å²) in [5, 5.41) is 15.0. The number of halogens is 1. The van der Waals surface area contributed by atoms with Crippen LogP contribution in [-0.2, 0) is 12.6 Å². The quantitative estimate of drug-likeness (QED) is 0.172. The molecule has 6 rings (SSSR count). The van der Waals surface area contributed by atoms with Crippen molar-refractivity contribution in [3.05, 3.63) is 82.4 Å². The van der Waals surface area contributed by atoms with Crippen LogP contribution in [0.15, 0.2) is 65.7 Å². The summed E-state index contributed by atoms with van der Waals surface area (Å²) in [6.45, 7) is 9.81. The van der Waals surface area contributed by atoms with Gasteiger partial charge >= 0.3 is 0 Å². The number of aliphatic hydroxyl groups is 1. The van der Waals surface area contributed by atoms with Crippen molar-refractivity contribution in [3.63, 3.8) is 0 Å². The Morgan fingerprint density at radius 1 is 1.10 bits per heavy atom. The highest BCUT2D eigenvalue weighted by Crippen LogP contribution is 2.48. The molecule has 0 bridgehead atoms. The van der Waals surface area contributed by atoms with Crippen molar-refractivity contribution < 1.29 is 9.84 Å². The first kappa shape index (κ1) is 29.8. The molecule has 2 aromatic heterocycles. The zero-order valence-electron chi connectivity index (χ0n) is 24.1. The molecule has 1 saturated heterocycles. The molecule has 0 radical (unpaired) electrons. The van der Waals surface area contributed by atoms with Gasteiger partial charge in [-0.3, -0.25) is 8.77 Å². The van der Waals surface area contributed by atoms with E-state index in [2.05, 4.69) is 38.4 Å². The first-order chi connectivity index (χ1) is 19.7. The summed E-state index contributed by atoms with van der Waals surface area (Å²) in [4.78, 5) is 13.0. The fraction of sp³-hybridized carbons (Fsp3) is 0.364. The standard InChI is InChI=1S/C31H30IN3O3S.C2H6/c1-30(2,37)22-8-11-27(25(14-22)26-17-34(3)29(36)28-24(26)12-13-35(28)39-32)38-23-9-6-20(7-10-23)4-5-21-15-31(16-21)18-33-19-31;1-2/h6-14,17,21,33,37H,15-16,18-19H2,1-3H3;1-2H3. The second-order valence-electron chi connectivity index (χ2n) is 11.3. The van der Waals surface area contributed by atoms with E-state index >= 15 is 0 Å². The third-order valence-electron chi connectivity index (χ3n) is 7.90. The van der Waals surface area contributed by atoms with Crippen molar-refractivity contribution in [1.82, 2.24) is 13.9 Å². The van der Waals surface area contributed by atoms with Gasteiger partial charge in [-0.25, -0.2) is 0 Å². The summed E-state index contributed by atoms with van der Waals surface area (Å²) >= 11 is 2.18. The van der Waals surface area contributed by atoms with Crippen LogP contribution in [0.3, 0.4) is 0 Å². The van der Waals surface area contributed by atoms with Crippen molar-refractivity contribution in [2.45, 2.75) is 46.1 Å². The summed E-state index contributed by atoms with van der Waals surface area (Å²) < 4.78 is 9.88. The van der Waals surface area contributed by atoms with Crippen LogP contribution in [0.4, 0.5) is 0 Å². The topological polar surface area (TPSA) is 68.4 Å². The molecular formula is C33H36IN3O3S. The first-order valence-electron chi connectivity index (χ1n) is 14.0. The van der Waals surface area contributed by atoms with Crippen LogP contribution < -0.4 is 15.6 Å². The molecule has 8 heteroatoms. The second-order valence-corrected chi connectivity index (χ2v) is 13.0. The average Bonchev–Trinajstić information content (AvgIpc) is 3.35. The Morgan fingerprint density at radius 2 is 1.80 bits per heavy atom. The molecule has 0 amide bonds. The van der Waals surface area contributed by atoms with Gasteiger partial charge in [0.25, 0.3) is 5.56 Å². The summed E-state index contributed by atoms with van der Waals surface area (Å²) in [6.07, 6.45) is 6.15. The number of rotatable bonds is 5. The van der Waals surface area contributed by atoms with E-state index in [0.717, 1.165) is 40.7 Å². The molecule has 1 aliphatic heterocycles. The van der Waals surface area contributed by atoms with Crippen LogP contribution in [-0.4, -0.2) is 26.7 Å². The third kappa shape index (κ3) is 5.96. The lowest BCUT2D eigenvalue weighted by Crippen LogP contribution is -2.59.